The van der Waals surface area contributed by atoms with Gasteiger partial charge in [0.2, 0.25) is 0 Å². The van der Waals surface area contributed by atoms with Gasteiger partial charge in [-0.1, -0.05) is 23.5 Å². The number of morpholine rings is 1. The molecule has 2 aromatic heterocycles. The molecule has 0 bridgehead atoms. The summed E-state index contributed by atoms with van der Waals surface area (Å²) >= 11 is 1.86. The van der Waals surface area contributed by atoms with Gasteiger partial charge in [-0.25, -0.2) is 14.0 Å². The fraction of sp³-hybridized carbons (Fsp3) is 0.444. The van der Waals surface area contributed by atoms with Crippen LogP contribution in [0.25, 0.3) is 10.2 Å². The Bertz CT molecular complexity index is 2140. The Morgan fingerprint density at radius 1 is 0.982 bits per heavy atom. The molecule has 1 amide bonds. The van der Waals surface area contributed by atoms with Crippen LogP contribution in [-0.4, -0.2) is 96.5 Å². The number of benzene rings is 2. The molecule has 2 N–H and O–H groups in total. The SMILES string of the molecule is Cc1ccc(C(=O)N2CCOC3(CCN(Cc4cc(CCNC[C@H](OC(=O)C(F)(F)F)c5ccc(OC(=O)C(F)(F)F)c6[nH]c(=O)sc56)ccc4F)CC3)C2)s1. The number of piperidine rings is 1. The fourth-order valence-corrected chi connectivity index (χ4v) is 8.44. The van der Waals surface area contributed by atoms with Crippen LogP contribution in [-0.2, 0) is 32.0 Å². The zero-order valence-electron chi connectivity index (χ0n) is 29.6. The Hall–Kier alpha value is -4.37. The Morgan fingerprint density at radius 2 is 1.71 bits per heavy atom. The van der Waals surface area contributed by atoms with E-state index in [2.05, 4.69) is 19.9 Å². The van der Waals surface area contributed by atoms with Crippen molar-refractivity contribution in [2.45, 2.75) is 56.8 Å². The maximum atomic E-state index is 15.0. The molecular formula is C36H35F7N4O7S2. The van der Waals surface area contributed by atoms with Crippen LogP contribution in [0.4, 0.5) is 30.7 Å². The molecule has 6 rings (SSSR count). The number of alkyl halides is 6. The lowest BCUT2D eigenvalue weighted by molar-refractivity contribution is -0.205. The zero-order valence-corrected chi connectivity index (χ0v) is 31.2. The average Bonchev–Trinajstić information content (AvgIpc) is 3.76. The lowest BCUT2D eigenvalue weighted by atomic mass is 9.89. The van der Waals surface area contributed by atoms with Gasteiger partial charge in [0.05, 0.1) is 28.3 Å². The number of ether oxygens (including phenoxy) is 3. The number of hydrogen-bond donors (Lipinski definition) is 2. The first kappa shape index (κ1) is 41.3. The topological polar surface area (TPSA) is 130 Å². The van der Waals surface area contributed by atoms with E-state index in [-0.39, 0.29) is 29.1 Å². The van der Waals surface area contributed by atoms with Crippen molar-refractivity contribution in [3.63, 3.8) is 0 Å². The number of rotatable bonds is 11. The van der Waals surface area contributed by atoms with Crippen LogP contribution in [0.3, 0.4) is 0 Å². The molecule has 2 saturated heterocycles. The van der Waals surface area contributed by atoms with Gasteiger partial charge in [0.1, 0.15) is 17.4 Å². The van der Waals surface area contributed by atoms with Gasteiger partial charge in [0.15, 0.2) is 5.75 Å². The van der Waals surface area contributed by atoms with Crippen LogP contribution in [0.1, 0.15) is 50.2 Å². The van der Waals surface area contributed by atoms with Crippen molar-refractivity contribution in [1.82, 2.24) is 20.1 Å². The van der Waals surface area contributed by atoms with Crippen LogP contribution in [0.15, 0.2) is 47.3 Å². The number of H-pyrrole nitrogens is 1. The second kappa shape index (κ2) is 16.6. The number of thiophene rings is 1. The standard InChI is InChI=1S/C36H35F7N4O7S2/c1-20-2-7-27(55-20)30(48)47-14-15-52-34(19-47)9-12-46(13-10-34)18-22-16-21(3-5-24(22)37)8-11-44-17-26(54-32(50)36(41,42)43)23-4-6-25(53-31(49)35(38,39)40)28-29(23)56-33(51)45-28/h2-7,16,26,44H,8-15,17-19H2,1H3,(H,45,51)/t26-/m0/s1. The molecule has 0 aliphatic carbocycles. The third-order valence-electron chi connectivity index (χ3n) is 9.51. The van der Waals surface area contributed by atoms with E-state index in [1.165, 1.54) is 17.4 Å². The van der Waals surface area contributed by atoms with Crippen molar-refractivity contribution in [2.75, 3.05) is 45.9 Å². The molecule has 302 valence electrons. The van der Waals surface area contributed by atoms with Crippen molar-refractivity contribution < 1.29 is 59.3 Å². The molecule has 2 aliphatic rings. The van der Waals surface area contributed by atoms with Crippen LogP contribution in [0.5, 0.6) is 5.75 Å². The number of halogens is 7. The normalized spacial score (nSPS) is 17.0. The number of carbonyl (C=O) groups excluding carboxylic acids is 3. The lowest BCUT2D eigenvalue weighted by Crippen LogP contribution is -2.57. The number of hydrogen-bond acceptors (Lipinski definition) is 11. The van der Waals surface area contributed by atoms with Crippen LogP contribution < -0.4 is 14.9 Å². The first-order valence-corrected chi connectivity index (χ1v) is 19.0. The predicted molar refractivity (Wildman–Crippen MR) is 190 cm³/mol. The molecule has 4 aromatic rings. The molecule has 20 heteroatoms. The summed E-state index contributed by atoms with van der Waals surface area (Å²) in [4.78, 5) is 55.7. The monoisotopic (exact) mass is 832 g/mol. The Morgan fingerprint density at radius 3 is 2.39 bits per heavy atom. The summed E-state index contributed by atoms with van der Waals surface area (Å²) in [5.41, 5.74) is 0.0753. The number of nitrogens with one attached hydrogen (secondary N) is 2. The number of aryl methyl sites for hydroxylation is 1. The Kier molecular flexibility index (Phi) is 12.2. The lowest BCUT2D eigenvalue weighted by Gasteiger charge is -2.47. The second-order valence-electron chi connectivity index (χ2n) is 13.5. The molecule has 2 fully saturated rings. The molecular weight excluding hydrogens is 798 g/mol. The molecule has 4 heterocycles. The molecule has 1 spiro atoms. The number of likely N-dealkylation sites (tertiary alicyclic amines) is 1. The van der Waals surface area contributed by atoms with Gasteiger partial charge in [-0.05, 0) is 68.6 Å². The molecule has 1 atom stereocenters. The van der Waals surface area contributed by atoms with Gasteiger partial charge in [-0.2, -0.15) is 26.3 Å². The number of thiazole rings is 1. The number of aromatic nitrogens is 1. The summed E-state index contributed by atoms with van der Waals surface area (Å²) in [6, 6.07) is 10.2. The van der Waals surface area contributed by atoms with Gasteiger partial charge in [-0.3, -0.25) is 14.5 Å². The van der Waals surface area contributed by atoms with E-state index in [0.29, 0.717) is 79.5 Å². The van der Waals surface area contributed by atoms with E-state index in [4.69, 9.17) is 9.47 Å². The molecule has 11 nitrogen and oxygen atoms in total. The molecule has 0 saturated carbocycles. The van der Waals surface area contributed by atoms with Crippen LogP contribution >= 0.6 is 22.7 Å². The van der Waals surface area contributed by atoms with Gasteiger partial charge in [0.25, 0.3) is 5.91 Å². The third kappa shape index (κ3) is 9.77. The van der Waals surface area contributed by atoms with Gasteiger partial charge < -0.3 is 29.4 Å². The average molecular weight is 833 g/mol. The van der Waals surface area contributed by atoms with E-state index in [9.17, 15) is 45.5 Å². The second-order valence-corrected chi connectivity index (χ2v) is 15.7. The minimum atomic E-state index is -5.39. The smallest absolute Gasteiger partial charge is 0.449 e. The van der Waals surface area contributed by atoms with Crippen molar-refractivity contribution >= 4 is 50.7 Å². The van der Waals surface area contributed by atoms with Crippen molar-refractivity contribution in [3.05, 3.63) is 84.4 Å². The van der Waals surface area contributed by atoms with Gasteiger partial charge >= 0.3 is 29.2 Å². The van der Waals surface area contributed by atoms with Crippen molar-refractivity contribution in [1.29, 1.82) is 0 Å². The largest absolute Gasteiger partial charge is 0.491 e. The maximum absolute atomic E-state index is 15.0. The number of amides is 1. The predicted octanol–water partition coefficient (Wildman–Crippen LogP) is 6.05. The Labute approximate surface area is 322 Å². The van der Waals surface area contributed by atoms with E-state index in [0.717, 1.165) is 17.0 Å². The fourth-order valence-electron chi connectivity index (χ4n) is 6.69. The molecule has 2 aromatic carbocycles. The minimum absolute atomic E-state index is 0.0125. The van der Waals surface area contributed by atoms with Gasteiger partial charge in [0, 0.05) is 48.7 Å². The summed E-state index contributed by atoms with van der Waals surface area (Å²) in [5, 5.41) is 2.89. The number of fused-ring (bicyclic) bond motifs is 1. The van der Waals surface area contributed by atoms with Crippen molar-refractivity contribution in [3.8, 4) is 5.75 Å². The summed E-state index contributed by atoms with van der Waals surface area (Å²) in [6.45, 7) is 4.58. The zero-order chi connectivity index (χ0) is 40.4. The summed E-state index contributed by atoms with van der Waals surface area (Å²) in [7, 11) is 0. The van der Waals surface area contributed by atoms with E-state index < -0.39 is 64.5 Å². The summed E-state index contributed by atoms with van der Waals surface area (Å²) in [6.07, 6.45) is -10.9. The highest BCUT2D eigenvalue weighted by Gasteiger charge is 2.44. The highest BCUT2D eigenvalue weighted by molar-refractivity contribution is 7.16. The number of esters is 2. The molecule has 0 unspecified atom stereocenters. The highest BCUT2D eigenvalue weighted by atomic mass is 32.1. The van der Waals surface area contributed by atoms with E-state index >= 15 is 4.39 Å². The van der Waals surface area contributed by atoms with E-state index in [1.54, 1.807) is 12.1 Å². The first-order valence-electron chi connectivity index (χ1n) is 17.3. The molecule has 2 aliphatic heterocycles. The molecule has 56 heavy (non-hydrogen) atoms. The van der Waals surface area contributed by atoms with Crippen LogP contribution in [0.2, 0.25) is 0 Å². The first-order chi connectivity index (χ1) is 26.4. The quantitative estimate of drug-likeness (QED) is 0.0803. The van der Waals surface area contributed by atoms with E-state index in [1.807, 2.05) is 24.0 Å². The van der Waals surface area contributed by atoms with Crippen LogP contribution in [0, 0.1) is 12.7 Å². The molecule has 0 radical (unpaired) electrons. The summed E-state index contributed by atoms with van der Waals surface area (Å²) < 4.78 is 108. The van der Waals surface area contributed by atoms with Gasteiger partial charge in [-0.15, -0.1) is 11.3 Å². The minimum Gasteiger partial charge on any atom is -0.449 e. The highest BCUT2D eigenvalue weighted by Crippen LogP contribution is 2.36. The summed E-state index contributed by atoms with van der Waals surface area (Å²) in [5.74, 6) is -6.28. The van der Waals surface area contributed by atoms with Crippen molar-refractivity contribution in [2.24, 2.45) is 0 Å². The maximum Gasteiger partial charge on any atom is 0.491 e. The third-order valence-corrected chi connectivity index (χ3v) is 11.4. The number of nitrogens with zero attached hydrogens (tertiary/aromatic N) is 2. The number of aromatic amines is 1. The Balaban J connectivity index is 1.07. The number of carbonyl (C=O) groups is 3.